The minimum absolute atomic E-state index is 0.487. The molecular weight excluding hydrogens is 264 g/mol. The van der Waals surface area contributed by atoms with Crippen LogP contribution < -0.4 is 11.6 Å². The molecule has 0 radical (unpaired) electrons. The molecule has 0 bridgehead atoms. The number of nitrogens with one attached hydrogen (secondary N) is 1. The first kappa shape index (κ1) is 15.2. The number of nitrogens with two attached hydrogens (primary N) is 2. The molecule has 0 unspecified atom stereocenters. The van der Waals surface area contributed by atoms with E-state index >= 15 is 0 Å². The van der Waals surface area contributed by atoms with E-state index in [2.05, 4.69) is 14.8 Å². The molecule has 3 aromatic rings. The first-order valence-electron chi connectivity index (χ1n) is 6.82. The third-order valence-corrected chi connectivity index (χ3v) is 2.91. The normalized spacial score (nSPS) is 10.2. The van der Waals surface area contributed by atoms with E-state index < -0.39 is 0 Å². The number of H-pyrrole nitrogens is 1. The first-order chi connectivity index (χ1) is 10.3. The number of aromatic nitrogens is 2. The zero-order valence-electron chi connectivity index (χ0n) is 11.8. The molecule has 0 saturated heterocycles. The number of imidazole rings is 1. The van der Waals surface area contributed by atoms with Crippen molar-refractivity contribution < 1.29 is 4.84 Å². The number of rotatable bonds is 4. The molecule has 0 spiro atoms. The van der Waals surface area contributed by atoms with E-state index in [1.807, 2.05) is 54.6 Å². The van der Waals surface area contributed by atoms with Crippen LogP contribution in [0.15, 0.2) is 54.6 Å². The lowest BCUT2D eigenvalue weighted by molar-refractivity contribution is 0.124. The number of hydrogen-bond donors (Lipinski definition) is 3. The van der Waals surface area contributed by atoms with Crippen LogP contribution in [-0.4, -0.2) is 16.5 Å². The standard InChI is InChI=1S/C9H11N3.C7H9NO/c10-6-5-9-11-7-3-1-2-4-8(7)12-9;8-9-6-7-4-2-1-3-5-7/h1-4H,5-6,10H2,(H,11,12);1-5H,6,8H2. The maximum Gasteiger partial charge on any atom is 0.108 e. The highest BCUT2D eigenvalue weighted by atomic mass is 16.6. The lowest BCUT2D eigenvalue weighted by Crippen LogP contribution is -2.03. The van der Waals surface area contributed by atoms with Crippen LogP contribution in [0, 0.1) is 0 Å². The average Bonchev–Trinajstić information content (AvgIpc) is 2.92. The van der Waals surface area contributed by atoms with Crippen LogP contribution in [-0.2, 0) is 17.9 Å². The summed E-state index contributed by atoms with van der Waals surface area (Å²) in [5.41, 5.74) is 8.62. The van der Waals surface area contributed by atoms with Crippen LogP contribution in [0.25, 0.3) is 11.0 Å². The van der Waals surface area contributed by atoms with E-state index in [4.69, 9.17) is 11.6 Å². The highest BCUT2D eigenvalue weighted by molar-refractivity contribution is 5.74. The second-order valence-corrected chi connectivity index (χ2v) is 4.54. The Morgan fingerprint density at radius 3 is 2.38 bits per heavy atom. The molecule has 5 nitrogen and oxygen atoms in total. The second kappa shape index (κ2) is 8.16. The molecule has 1 aromatic heterocycles. The van der Waals surface area contributed by atoms with Crippen molar-refractivity contribution in [1.29, 1.82) is 0 Å². The summed E-state index contributed by atoms with van der Waals surface area (Å²) >= 11 is 0. The summed E-state index contributed by atoms with van der Waals surface area (Å²) in [7, 11) is 0. The quantitative estimate of drug-likeness (QED) is 0.640. The fraction of sp³-hybridized carbons (Fsp3) is 0.188. The van der Waals surface area contributed by atoms with E-state index in [-0.39, 0.29) is 0 Å². The molecule has 0 aliphatic heterocycles. The third-order valence-electron chi connectivity index (χ3n) is 2.91. The molecule has 0 saturated carbocycles. The van der Waals surface area contributed by atoms with Crippen LogP contribution in [0.2, 0.25) is 0 Å². The molecule has 2 aromatic carbocycles. The lowest BCUT2D eigenvalue weighted by Gasteiger charge is -1.94. The summed E-state index contributed by atoms with van der Waals surface area (Å²) in [6.07, 6.45) is 0.814. The number of aromatic amines is 1. The van der Waals surface area contributed by atoms with Gasteiger partial charge in [0.15, 0.2) is 0 Å². The van der Waals surface area contributed by atoms with E-state index in [0.29, 0.717) is 13.2 Å². The fourth-order valence-electron chi connectivity index (χ4n) is 1.93. The summed E-state index contributed by atoms with van der Waals surface area (Å²) in [4.78, 5) is 12.0. The molecule has 0 aliphatic carbocycles. The van der Waals surface area contributed by atoms with Gasteiger partial charge in [-0.2, -0.15) is 0 Å². The first-order valence-corrected chi connectivity index (χ1v) is 6.82. The van der Waals surface area contributed by atoms with Gasteiger partial charge < -0.3 is 10.7 Å². The minimum atomic E-state index is 0.487. The maximum absolute atomic E-state index is 5.42. The number of para-hydroxylation sites is 2. The van der Waals surface area contributed by atoms with Gasteiger partial charge in [-0.1, -0.05) is 42.5 Å². The smallest absolute Gasteiger partial charge is 0.108 e. The average molecular weight is 284 g/mol. The van der Waals surface area contributed by atoms with Crippen molar-refractivity contribution in [3.05, 3.63) is 66.0 Å². The molecule has 5 N–H and O–H groups in total. The van der Waals surface area contributed by atoms with Crippen molar-refractivity contribution >= 4 is 11.0 Å². The molecule has 0 amide bonds. The van der Waals surface area contributed by atoms with E-state index in [0.717, 1.165) is 28.8 Å². The number of nitrogens with zero attached hydrogens (tertiary/aromatic N) is 1. The van der Waals surface area contributed by atoms with Gasteiger partial charge in [-0.05, 0) is 24.2 Å². The Hall–Kier alpha value is -2.21. The van der Waals surface area contributed by atoms with E-state index in [1.165, 1.54) is 0 Å². The fourth-order valence-corrected chi connectivity index (χ4v) is 1.93. The van der Waals surface area contributed by atoms with Crippen molar-refractivity contribution in [2.45, 2.75) is 13.0 Å². The van der Waals surface area contributed by atoms with Gasteiger partial charge in [-0.25, -0.2) is 10.9 Å². The van der Waals surface area contributed by atoms with Crippen LogP contribution in [0.4, 0.5) is 0 Å². The second-order valence-electron chi connectivity index (χ2n) is 4.54. The summed E-state index contributed by atoms with van der Waals surface area (Å²) < 4.78 is 0. The van der Waals surface area contributed by atoms with Gasteiger partial charge in [0, 0.05) is 6.42 Å². The van der Waals surface area contributed by atoms with Crippen LogP contribution in [0.3, 0.4) is 0 Å². The zero-order chi connectivity index (χ0) is 14.9. The predicted molar refractivity (Wildman–Crippen MR) is 84.3 cm³/mol. The Kier molecular flexibility index (Phi) is 5.90. The summed E-state index contributed by atoms with van der Waals surface area (Å²) in [5, 5.41) is 0. The van der Waals surface area contributed by atoms with Crippen LogP contribution in [0.1, 0.15) is 11.4 Å². The topological polar surface area (TPSA) is 90.0 Å². The van der Waals surface area contributed by atoms with Gasteiger partial charge in [0.2, 0.25) is 0 Å². The highest BCUT2D eigenvalue weighted by Gasteiger charge is 1.99. The lowest BCUT2D eigenvalue weighted by atomic mass is 10.2. The molecule has 21 heavy (non-hydrogen) atoms. The molecule has 0 atom stereocenters. The number of benzene rings is 2. The largest absolute Gasteiger partial charge is 0.342 e. The minimum Gasteiger partial charge on any atom is -0.342 e. The highest BCUT2D eigenvalue weighted by Crippen LogP contribution is 2.09. The van der Waals surface area contributed by atoms with Crippen molar-refractivity contribution in [3.8, 4) is 0 Å². The van der Waals surface area contributed by atoms with Crippen molar-refractivity contribution in [2.75, 3.05) is 6.54 Å². The summed E-state index contributed by atoms with van der Waals surface area (Å²) in [6.45, 7) is 1.13. The Bertz CT molecular complexity index is 618. The van der Waals surface area contributed by atoms with Crippen LogP contribution in [0.5, 0.6) is 0 Å². The molecule has 0 fully saturated rings. The van der Waals surface area contributed by atoms with Gasteiger partial charge in [0.25, 0.3) is 0 Å². The SMILES string of the molecule is NCCc1nc2ccccc2[nH]1.NOCc1ccccc1. The number of hydrogen-bond acceptors (Lipinski definition) is 4. The van der Waals surface area contributed by atoms with Crippen LogP contribution >= 0.6 is 0 Å². The van der Waals surface area contributed by atoms with Gasteiger partial charge in [-0.3, -0.25) is 4.84 Å². The Morgan fingerprint density at radius 2 is 1.71 bits per heavy atom. The van der Waals surface area contributed by atoms with E-state index in [9.17, 15) is 0 Å². The molecule has 3 rings (SSSR count). The Morgan fingerprint density at radius 1 is 1.00 bits per heavy atom. The van der Waals surface area contributed by atoms with Gasteiger partial charge in [0.05, 0.1) is 17.6 Å². The molecule has 110 valence electrons. The molecule has 5 heteroatoms. The number of fused-ring (bicyclic) bond motifs is 1. The van der Waals surface area contributed by atoms with E-state index in [1.54, 1.807) is 0 Å². The van der Waals surface area contributed by atoms with Gasteiger partial charge in [-0.15, -0.1) is 0 Å². The van der Waals surface area contributed by atoms with Crippen molar-refractivity contribution in [1.82, 2.24) is 9.97 Å². The van der Waals surface area contributed by atoms with Gasteiger partial charge >= 0.3 is 0 Å². The monoisotopic (exact) mass is 284 g/mol. The Labute approximate surface area is 123 Å². The molecular formula is C16H20N4O. The van der Waals surface area contributed by atoms with Crippen molar-refractivity contribution in [2.24, 2.45) is 11.6 Å². The Balaban J connectivity index is 0.000000161. The summed E-state index contributed by atoms with van der Waals surface area (Å²) in [5.74, 6) is 5.83. The maximum atomic E-state index is 5.42. The van der Waals surface area contributed by atoms with Crippen molar-refractivity contribution in [3.63, 3.8) is 0 Å². The molecule has 0 aliphatic rings. The van der Waals surface area contributed by atoms with Gasteiger partial charge in [0.1, 0.15) is 5.82 Å². The molecule has 1 heterocycles. The summed E-state index contributed by atoms with van der Waals surface area (Å²) in [6, 6.07) is 17.8. The third kappa shape index (κ3) is 4.68. The zero-order valence-corrected chi connectivity index (χ0v) is 11.8. The predicted octanol–water partition coefficient (Wildman–Crippen LogP) is 2.14.